The fourth-order valence-corrected chi connectivity index (χ4v) is 4.31. The van der Waals surface area contributed by atoms with E-state index in [9.17, 15) is 9.59 Å². The zero-order valence-corrected chi connectivity index (χ0v) is 18.3. The van der Waals surface area contributed by atoms with Crippen LogP contribution >= 0.6 is 0 Å². The molecule has 2 aromatic rings. The van der Waals surface area contributed by atoms with Gasteiger partial charge in [0, 0.05) is 24.7 Å². The molecule has 1 atom stereocenters. The van der Waals surface area contributed by atoms with E-state index >= 15 is 0 Å². The molecule has 6 heteroatoms. The third-order valence-electron chi connectivity index (χ3n) is 6.26. The van der Waals surface area contributed by atoms with Gasteiger partial charge in [0.1, 0.15) is 11.9 Å². The van der Waals surface area contributed by atoms with Crippen LogP contribution in [0, 0.1) is 5.92 Å². The van der Waals surface area contributed by atoms with Crippen LogP contribution in [-0.4, -0.2) is 42.6 Å². The molecule has 2 heterocycles. The van der Waals surface area contributed by atoms with E-state index < -0.39 is 0 Å². The number of ether oxygens (including phenoxy) is 1. The number of amides is 3. The minimum Gasteiger partial charge on any atom is -0.486 e. The second kappa shape index (κ2) is 9.41. The van der Waals surface area contributed by atoms with Crippen molar-refractivity contribution >= 4 is 23.3 Å². The number of carbonyl (C=O) groups excluding carboxylic acids is 2. The van der Waals surface area contributed by atoms with Crippen molar-refractivity contribution in [3.63, 3.8) is 0 Å². The van der Waals surface area contributed by atoms with E-state index in [0.717, 1.165) is 30.0 Å². The number of fused-ring (bicyclic) bond motifs is 1. The maximum Gasteiger partial charge on any atom is 0.324 e. The van der Waals surface area contributed by atoms with Crippen LogP contribution in [0.3, 0.4) is 0 Å². The molecule has 0 bridgehead atoms. The van der Waals surface area contributed by atoms with Crippen LogP contribution in [0.1, 0.15) is 38.7 Å². The molecule has 6 nitrogen and oxygen atoms in total. The Morgan fingerprint density at radius 1 is 1.06 bits per heavy atom. The normalized spacial score (nSPS) is 18.8. The minimum atomic E-state index is -0.0744. The zero-order chi connectivity index (χ0) is 21.8. The van der Waals surface area contributed by atoms with Gasteiger partial charge in [0.2, 0.25) is 5.91 Å². The quantitative estimate of drug-likeness (QED) is 0.779. The van der Waals surface area contributed by atoms with Crippen LogP contribution in [-0.2, 0) is 11.2 Å². The van der Waals surface area contributed by atoms with E-state index in [4.69, 9.17) is 4.74 Å². The number of likely N-dealkylation sites (tertiary alicyclic amines) is 1. The van der Waals surface area contributed by atoms with Crippen LogP contribution in [0.15, 0.2) is 48.5 Å². The number of carbonyl (C=O) groups is 2. The molecule has 0 unspecified atom stereocenters. The molecule has 0 radical (unpaired) electrons. The standard InChI is InChI=1S/C25H31N3O3/c1-3-18-8-7-9-20(16-18)26-24(29)19-12-14-27(15-13-19)25(30)28-17-21(4-2)31-23-11-6-5-10-22(23)28/h5-11,16,19,21H,3-4,12-15,17H2,1-2H3,(H,26,29)/t21-/m0/s1. The van der Waals surface area contributed by atoms with Gasteiger partial charge in [-0.15, -0.1) is 0 Å². The number of aryl methyl sites for hydroxylation is 1. The number of para-hydroxylation sites is 2. The van der Waals surface area contributed by atoms with Crippen molar-refractivity contribution in [2.75, 3.05) is 29.9 Å². The highest BCUT2D eigenvalue weighted by Crippen LogP contribution is 2.35. The van der Waals surface area contributed by atoms with Crippen LogP contribution in [0.4, 0.5) is 16.2 Å². The minimum absolute atomic E-state index is 0.000973. The van der Waals surface area contributed by atoms with Crippen molar-refractivity contribution in [1.29, 1.82) is 0 Å². The largest absolute Gasteiger partial charge is 0.486 e. The molecule has 2 aromatic carbocycles. The van der Waals surface area contributed by atoms with Gasteiger partial charge in [-0.2, -0.15) is 0 Å². The molecule has 2 aliphatic heterocycles. The number of piperidine rings is 1. The Bertz CT molecular complexity index is 937. The summed E-state index contributed by atoms with van der Waals surface area (Å²) in [6, 6.07) is 15.7. The molecule has 0 aromatic heterocycles. The van der Waals surface area contributed by atoms with E-state index in [1.165, 1.54) is 5.56 Å². The average Bonchev–Trinajstić information content (AvgIpc) is 2.83. The predicted molar refractivity (Wildman–Crippen MR) is 123 cm³/mol. The molecule has 0 aliphatic carbocycles. The van der Waals surface area contributed by atoms with Crippen molar-refractivity contribution in [2.24, 2.45) is 5.92 Å². The first kappa shape index (κ1) is 21.2. The van der Waals surface area contributed by atoms with Gasteiger partial charge in [-0.25, -0.2) is 4.79 Å². The topological polar surface area (TPSA) is 61.9 Å². The second-order valence-electron chi connectivity index (χ2n) is 8.31. The number of nitrogens with one attached hydrogen (secondary N) is 1. The van der Waals surface area contributed by atoms with Gasteiger partial charge in [0.25, 0.3) is 0 Å². The fourth-order valence-electron chi connectivity index (χ4n) is 4.31. The lowest BCUT2D eigenvalue weighted by Gasteiger charge is -2.39. The van der Waals surface area contributed by atoms with E-state index in [2.05, 4.69) is 25.2 Å². The van der Waals surface area contributed by atoms with Crippen molar-refractivity contribution in [1.82, 2.24) is 4.90 Å². The Hall–Kier alpha value is -3.02. The Morgan fingerprint density at radius 3 is 2.58 bits per heavy atom. The lowest BCUT2D eigenvalue weighted by atomic mass is 9.96. The first-order chi connectivity index (χ1) is 15.1. The molecule has 0 spiro atoms. The Morgan fingerprint density at radius 2 is 1.84 bits per heavy atom. The summed E-state index contributed by atoms with van der Waals surface area (Å²) in [6.45, 7) is 5.90. The van der Waals surface area contributed by atoms with Crippen LogP contribution in [0.2, 0.25) is 0 Å². The third-order valence-corrected chi connectivity index (χ3v) is 6.26. The molecule has 3 amide bonds. The summed E-state index contributed by atoms with van der Waals surface area (Å²) in [5.74, 6) is 0.732. The molecule has 31 heavy (non-hydrogen) atoms. The summed E-state index contributed by atoms with van der Waals surface area (Å²) in [5.41, 5.74) is 2.88. The predicted octanol–water partition coefficient (Wildman–Crippen LogP) is 4.70. The van der Waals surface area contributed by atoms with Gasteiger partial charge < -0.3 is 15.0 Å². The van der Waals surface area contributed by atoms with Gasteiger partial charge >= 0.3 is 6.03 Å². The highest BCUT2D eigenvalue weighted by Gasteiger charge is 2.34. The number of urea groups is 1. The van der Waals surface area contributed by atoms with Crippen molar-refractivity contribution in [3.05, 3.63) is 54.1 Å². The SMILES string of the molecule is CCc1cccc(NC(=O)C2CCN(C(=O)N3C[C@H](CC)Oc4ccccc43)CC2)c1. The summed E-state index contributed by atoms with van der Waals surface area (Å²) in [6.07, 6.45) is 3.14. The van der Waals surface area contributed by atoms with Crippen LogP contribution in [0.25, 0.3) is 0 Å². The van der Waals surface area contributed by atoms with Gasteiger partial charge in [0.05, 0.1) is 12.2 Å². The number of anilines is 2. The molecular formula is C25H31N3O3. The maximum absolute atomic E-state index is 13.3. The average molecular weight is 422 g/mol. The summed E-state index contributed by atoms with van der Waals surface area (Å²) >= 11 is 0. The van der Waals surface area contributed by atoms with E-state index in [-0.39, 0.29) is 24.0 Å². The van der Waals surface area contributed by atoms with Crippen molar-refractivity contribution < 1.29 is 14.3 Å². The van der Waals surface area contributed by atoms with Gasteiger partial charge in [0.15, 0.2) is 0 Å². The molecule has 0 saturated carbocycles. The van der Waals surface area contributed by atoms with Gasteiger partial charge in [-0.3, -0.25) is 9.69 Å². The van der Waals surface area contributed by atoms with Crippen LogP contribution in [0.5, 0.6) is 5.75 Å². The van der Waals surface area contributed by atoms with Gasteiger partial charge in [-0.05, 0) is 55.5 Å². The molecule has 2 aliphatic rings. The number of hydrogen-bond acceptors (Lipinski definition) is 3. The fraction of sp³-hybridized carbons (Fsp3) is 0.440. The van der Waals surface area contributed by atoms with E-state index in [1.54, 1.807) is 0 Å². The van der Waals surface area contributed by atoms with Crippen molar-refractivity contribution in [3.8, 4) is 5.75 Å². The monoisotopic (exact) mass is 421 g/mol. The number of rotatable bonds is 4. The third kappa shape index (κ3) is 4.68. The molecule has 4 rings (SSSR count). The highest BCUT2D eigenvalue weighted by atomic mass is 16.5. The van der Waals surface area contributed by atoms with Crippen LogP contribution < -0.4 is 15.0 Å². The lowest BCUT2D eigenvalue weighted by Crippen LogP contribution is -2.52. The zero-order valence-electron chi connectivity index (χ0n) is 18.3. The van der Waals surface area contributed by atoms with Crippen molar-refractivity contribution in [2.45, 2.75) is 45.6 Å². The molecule has 1 fully saturated rings. The van der Waals surface area contributed by atoms with E-state index in [0.29, 0.717) is 32.5 Å². The van der Waals surface area contributed by atoms with E-state index in [1.807, 2.05) is 52.3 Å². The summed E-state index contributed by atoms with van der Waals surface area (Å²) in [7, 11) is 0. The molecule has 164 valence electrons. The smallest absolute Gasteiger partial charge is 0.324 e. The first-order valence-electron chi connectivity index (χ1n) is 11.3. The highest BCUT2D eigenvalue weighted by molar-refractivity contribution is 5.95. The Labute approximate surface area is 184 Å². The molecular weight excluding hydrogens is 390 g/mol. The second-order valence-corrected chi connectivity index (χ2v) is 8.31. The lowest BCUT2D eigenvalue weighted by molar-refractivity contribution is -0.121. The molecule has 1 N–H and O–H groups in total. The number of hydrogen-bond donors (Lipinski definition) is 1. The Balaban J connectivity index is 1.37. The van der Waals surface area contributed by atoms with Gasteiger partial charge in [-0.1, -0.05) is 38.1 Å². The summed E-state index contributed by atoms with van der Waals surface area (Å²) in [5, 5.41) is 3.05. The number of nitrogens with zero attached hydrogens (tertiary/aromatic N) is 2. The summed E-state index contributed by atoms with van der Waals surface area (Å²) < 4.78 is 6.01. The first-order valence-corrected chi connectivity index (χ1v) is 11.3. The molecule has 1 saturated heterocycles. The Kier molecular flexibility index (Phi) is 6.44. The summed E-state index contributed by atoms with van der Waals surface area (Å²) in [4.78, 5) is 29.8. The maximum atomic E-state index is 13.3. The number of benzene rings is 2.